The van der Waals surface area contributed by atoms with Gasteiger partial charge in [0.15, 0.2) is 0 Å². The summed E-state index contributed by atoms with van der Waals surface area (Å²) in [5.74, 6) is -1.20. The fourth-order valence-corrected chi connectivity index (χ4v) is 1.82. The first-order valence-electron chi connectivity index (χ1n) is 5.27. The van der Waals surface area contributed by atoms with Gasteiger partial charge in [-0.1, -0.05) is 17.7 Å². The van der Waals surface area contributed by atoms with Crippen molar-refractivity contribution in [1.82, 2.24) is 4.90 Å². The number of carboxylic acid groups (broad SMARTS) is 1. The lowest BCUT2D eigenvalue weighted by Crippen LogP contribution is -2.35. The fraction of sp³-hybridized carbons (Fsp3) is 0.333. The van der Waals surface area contributed by atoms with Crippen molar-refractivity contribution in [2.45, 2.75) is 0 Å². The number of carbonyl (C=O) groups is 2. The Kier molecular flexibility index (Phi) is 4.55. The highest BCUT2D eigenvalue weighted by molar-refractivity contribution is 6.34. The van der Waals surface area contributed by atoms with Crippen molar-refractivity contribution in [3.05, 3.63) is 28.8 Å². The van der Waals surface area contributed by atoms with Gasteiger partial charge in [-0.2, -0.15) is 0 Å². The van der Waals surface area contributed by atoms with Crippen LogP contribution in [0.5, 0.6) is 0 Å². The molecular formula is C12H15ClN2O3. The predicted octanol–water partition coefficient (Wildman–Crippen LogP) is 1.56. The Labute approximate surface area is 111 Å². The van der Waals surface area contributed by atoms with Crippen molar-refractivity contribution in [3.63, 3.8) is 0 Å². The van der Waals surface area contributed by atoms with Gasteiger partial charge in [0.05, 0.1) is 22.8 Å². The molecule has 5 nitrogen and oxygen atoms in total. The summed E-state index contributed by atoms with van der Waals surface area (Å²) in [6, 6.07) is 4.62. The van der Waals surface area contributed by atoms with Gasteiger partial charge in [0.2, 0.25) is 5.91 Å². The van der Waals surface area contributed by atoms with Crippen LogP contribution >= 0.6 is 11.6 Å². The minimum atomic E-state index is -1.07. The van der Waals surface area contributed by atoms with E-state index in [9.17, 15) is 9.59 Å². The fourth-order valence-electron chi connectivity index (χ4n) is 1.50. The van der Waals surface area contributed by atoms with E-state index in [2.05, 4.69) is 0 Å². The number of halogens is 1. The van der Waals surface area contributed by atoms with Crippen LogP contribution in [-0.4, -0.2) is 49.6 Å². The summed E-state index contributed by atoms with van der Waals surface area (Å²) in [4.78, 5) is 25.7. The van der Waals surface area contributed by atoms with Gasteiger partial charge in [0.1, 0.15) is 0 Å². The van der Waals surface area contributed by atoms with Gasteiger partial charge in [0, 0.05) is 21.1 Å². The minimum absolute atomic E-state index is 0.0665. The number of hydrogen-bond acceptors (Lipinski definition) is 3. The second-order valence-electron chi connectivity index (χ2n) is 4.09. The van der Waals surface area contributed by atoms with Gasteiger partial charge in [-0.05, 0) is 12.1 Å². The molecule has 1 aromatic carbocycles. The van der Waals surface area contributed by atoms with Gasteiger partial charge in [-0.15, -0.1) is 0 Å². The molecule has 0 aliphatic rings. The molecule has 0 saturated carbocycles. The standard InChI is InChI=1S/C12H15ClN2O3/c1-14(2)10(16)7-15(3)11-8(12(17)18)5-4-6-9(11)13/h4-6H,7H2,1-3H3,(H,17,18). The number of para-hydroxylation sites is 1. The van der Waals surface area contributed by atoms with E-state index in [-0.39, 0.29) is 18.0 Å². The van der Waals surface area contributed by atoms with E-state index < -0.39 is 5.97 Å². The van der Waals surface area contributed by atoms with Gasteiger partial charge in [0.25, 0.3) is 0 Å². The molecule has 0 spiro atoms. The highest BCUT2D eigenvalue weighted by Gasteiger charge is 2.18. The molecule has 0 radical (unpaired) electrons. The van der Waals surface area contributed by atoms with E-state index >= 15 is 0 Å². The smallest absolute Gasteiger partial charge is 0.337 e. The topological polar surface area (TPSA) is 60.9 Å². The van der Waals surface area contributed by atoms with Crippen LogP contribution in [-0.2, 0) is 4.79 Å². The number of carboxylic acids is 1. The van der Waals surface area contributed by atoms with E-state index in [4.69, 9.17) is 16.7 Å². The Morgan fingerprint density at radius 2 is 1.89 bits per heavy atom. The van der Waals surface area contributed by atoms with Gasteiger partial charge in [-0.3, -0.25) is 4.79 Å². The molecule has 0 heterocycles. The van der Waals surface area contributed by atoms with E-state index in [1.165, 1.54) is 15.9 Å². The van der Waals surface area contributed by atoms with Crippen LogP contribution in [0.1, 0.15) is 10.4 Å². The van der Waals surface area contributed by atoms with Crippen molar-refractivity contribution < 1.29 is 14.7 Å². The van der Waals surface area contributed by atoms with Crippen LogP contribution in [0.15, 0.2) is 18.2 Å². The van der Waals surface area contributed by atoms with Crippen molar-refractivity contribution in [1.29, 1.82) is 0 Å². The van der Waals surface area contributed by atoms with Crippen molar-refractivity contribution in [3.8, 4) is 0 Å². The Bertz CT molecular complexity index is 474. The first-order valence-corrected chi connectivity index (χ1v) is 5.65. The number of nitrogens with zero attached hydrogens (tertiary/aromatic N) is 2. The molecule has 1 aromatic rings. The zero-order valence-corrected chi connectivity index (χ0v) is 11.2. The third-order valence-corrected chi connectivity index (χ3v) is 2.78. The molecule has 0 atom stereocenters. The summed E-state index contributed by atoms with van der Waals surface area (Å²) >= 11 is 6.00. The molecule has 1 N–H and O–H groups in total. The number of anilines is 1. The van der Waals surface area contributed by atoms with Crippen LogP contribution in [0, 0.1) is 0 Å². The number of benzene rings is 1. The lowest BCUT2D eigenvalue weighted by Gasteiger charge is -2.23. The van der Waals surface area contributed by atoms with Crippen LogP contribution in [0.4, 0.5) is 5.69 Å². The summed E-state index contributed by atoms with van der Waals surface area (Å²) in [5.41, 5.74) is 0.429. The van der Waals surface area contributed by atoms with Gasteiger partial charge < -0.3 is 14.9 Å². The lowest BCUT2D eigenvalue weighted by molar-refractivity contribution is -0.127. The van der Waals surface area contributed by atoms with Crippen LogP contribution in [0.2, 0.25) is 5.02 Å². The number of aromatic carboxylic acids is 1. The normalized spacial score (nSPS) is 10.0. The first kappa shape index (κ1) is 14.3. The number of amides is 1. The SMILES string of the molecule is CN(C)C(=O)CN(C)c1c(Cl)cccc1C(=O)O. The molecule has 1 amide bonds. The van der Waals surface area contributed by atoms with Crippen molar-refractivity contribution in [2.75, 3.05) is 32.6 Å². The molecule has 98 valence electrons. The molecule has 0 aromatic heterocycles. The molecule has 0 fully saturated rings. The molecule has 0 saturated heterocycles. The largest absolute Gasteiger partial charge is 0.478 e. The monoisotopic (exact) mass is 270 g/mol. The highest BCUT2D eigenvalue weighted by atomic mass is 35.5. The molecule has 1 rings (SSSR count). The highest BCUT2D eigenvalue weighted by Crippen LogP contribution is 2.29. The maximum absolute atomic E-state index is 11.6. The summed E-state index contributed by atoms with van der Waals surface area (Å²) in [6.45, 7) is 0.0665. The first-order chi connectivity index (χ1) is 8.34. The third-order valence-electron chi connectivity index (χ3n) is 2.47. The number of rotatable bonds is 4. The minimum Gasteiger partial charge on any atom is -0.478 e. The quantitative estimate of drug-likeness (QED) is 0.902. The van der Waals surface area contributed by atoms with Crippen LogP contribution in [0.25, 0.3) is 0 Å². The Hall–Kier alpha value is -1.75. The Morgan fingerprint density at radius 3 is 2.39 bits per heavy atom. The molecule has 0 aliphatic heterocycles. The second kappa shape index (κ2) is 5.73. The molecule has 6 heteroatoms. The number of carbonyl (C=O) groups excluding carboxylic acids is 1. The maximum atomic E-state index is 11.6. The van der Waals surface area contributed by atoms with Crippen molar-refractivity contribution >= 4 is 29.2 Å². The van der Waals surface area contributed by atoms with E-state index in [1.807, 2.05) is 0 Å². The molecule has 18 heavy (non-hydrogen) atoms. The predicted molar refractivity (Wildman–Crippen MR) is 70.4 cm³/mol. The van der Waals surface area contributed by atoms with Crippen LogP contribution < -0.4 is 4.90 Å². The third kappa shape index (κ3) is 3.13. The summed E-state index contributed by atoms with van der Waals surface area (Å²) in [6.07, 6.45) is 0. The number of likely N-dealkylation sites (N-methyl/N-ethyl adjacent to an activating group) is 2. The summed E-state index contributed by atoms with van der Waals surface area (Å²) < 4.78 is 0. The van der Waals surface area contributed by atoms with Crippen molar-refractivity contribution in [2.24, 2.45) is 0 Å². The average molecular weight is 271 g/mol. The summed E-state index contributed by atoms with van der Waals surface area (Å²) in [5, 5.41) is 9.41. The second-order valence-corrected chi connectivity index (χ2v) is 4.49. The van der Waals surface area contributed by atoms with E-state index in [1.54, 1.807) is 33.3 Å². The zero-order chi connectivity index (χ0) is 13.9. The van der Waals surface area contributed by atoms with E-state index in [0.29, 0.717) is 10.7 Å². The molecule has 0 aliphatic carbocycles. The lowest BCUT2D eigenvalue weighted by atomic mass is 10.1. The van der Waals surface area contributed by atoms with Gasteiger partial charge >= 0.3 is 5.97 Å². The Balaban J connectivity index is 3.08. The van der Waals surface area contributed by atoms with E-state index in [0.717, 1.165) is 0 Å². The molecule has 0 unspecified atom stereocenters. The Morgan fingerprint density at radius 1 is 1.28 bits per heavy atom. The maximum Gasteiger partial charge on any atom is 0.337 e. The molecule has 0 bridgehead atoms. The van der Waals surface area contributed by atoms with Crippen LogP contribution in [0.3, 0.4) is 0 Å². The average Bonchev–Trinajstić information content (AvgIpc) is 2.27. The summed E-state index contributed by atoms with van der Waals surface area (Å²) in [7, 11) is 4.91. The number of hydrogen-bond donors (Lipinski definition) is 1. The van der Waals surface area contributed by atoms with Gasteiger partial charge in [-0.25, -0.2) is 4.79 Å². The zero-order valence-electron chi connectivity index (χ0n) is 10.5. The molecular weight excluding hydrogens is 256 g/mol.